The fourth-order valence-electron chi connectivity index (χ4n) is 2.37. The lowest BCUT2D eigenvalue weighted by Gasteiger charge is -2.29. The summed E-state index contributed by atoms with van der Waals surface area (Å²) in [6, 6.07) is 0. The fraction of sp³-hybridized carbons (Fsp3) is 0.833. The van der Waals surface area contributed by atoms with Crippen molar-refractivity contribution in [3.63, 3.8) is 0 Å². The first kappa shape index (κ1) is 13.0. The van der Waals surface area contributed by atoms with Crippen LogP contribution in [-0.4, -0.2) is 24.9 Å². The van der Waals surface area contributed by atoms with Crippen LogP contribution in [0.25, 0.3) is 0 Å². The maximum atomic E-state index is 11.8. The van der Waals surface area contributed by atoms with E-state index in [0.29, 0.717) is 13.1 Å². The molecule has 0 bridgehead atoms. The van der Waals surface area contributed by atoms with Gasteiger partial charge in [0.2, 0.25) is 11.8 Å². The van der Waals surface area contributed by atoms with Gasteiger partial charge in [0.05, 0.1) is 0 Å². The highest BCUT2D eigenvalue weighted by molar-refractivity contribution is 5.87. The molecule has 4 nitrogen and oxygen atoms in total. The Bertz CT molecular complexity index is 227. The molecule has 0 radical (unpaired) electrons. The lowest BCUT2D eigenvalue weighted by Crippen LogP contribution is -2.43. The van der Waals surface area contributed by atoms with Gasteiger partial charge in [-0.3, -0.25) is 9.59 Å². The van der Waals surface area contributed by atoms with E-state index in [1.165, 1.54) is 0 Å². The smallest absolute Gasteiger partial charge is 0.223 e. The highest BCUT2D eigenvalue weighted by Gasteiger charge is 2.34. The number of hydrogen-bond donors (Lipinski definition) is 2. The molecule has 92 valence electrons. The fourth-order valence-corrected chi connectivity index (χ4v) is 2.37. The summed E-state index contributed by atoms with van der Waals surface area (Å²) in [5, 5.41) is 5.65. The summed E-state index contributed by atoms with van der Waals surface area (Å²) < 4.78 is 0. The lowest BCUT2D eigenvalue weighted by molar-refractivity contribution is -0.136. The molecular formula is C12H22N2O2. The first-order chi connectivity index (χ1) is 7.70. The van der Waals surface area contributed by atoms with Gasteiger partial charge in [0, 0.05) is 24.9 Å². The van der Waals surface area contributed by atoms with Crippen molar-refractivity contribution >= 4 is 11.8 Å². The minimum Gasteiger partial charge on any atom is -0.356 e. The van der Waals surface area contributed by atoms with Crippen LogP contribution in [-0.2, 0) is 9.59 Å². The molecule has 0 aromatic rings. The van der Waals surface area contributed by atoms with Crippen LogP contribution in [0.2, 0.25) is 0 Å². The van der Waals surface area contributed by atoms with Gasteiger partial charge in [-0.05, 0) is 26.7 Å². The van der Waals surface area contributed by atoms with Crippen molar-refractivity contribution in [1.82, 2.24) is 10.6 Å². The van der Waals surface area contributed by atoms with Crippen molar-refractivity contribution in [3.8, 4) is 0 Å². The van der Waals surface area contributed by atoms with Gasteiger partial charge in [0.15, 0.2) is 0 Å². The van der Waals surface area contributed by atoms with Crippen molar-refractivity contribution in [2.75, 3.05) is 13.1 Å². The summed E-state index contributed by atoms with van der Waals surface area (Å²) in [6.07, 6.45) is 3.79. The second kappa shape index (κ2) is 6.51. The van der Waals surface area contributed by atoms with E-state index in [-0.39, 0.29) is 23.7 Å². The normalized spacial score (nSPS) is 24.9. The number of amides is 2. The van der Waals surface area contributed by atoms with Crippen LogP contribution in [0.4, 0.5) is 0 Å². The Morgan fingerprint density at radius 3 is 1.62 bits per heavy atom. The van der Waals surface area contributed by atoms with Gasteiger partial charge in [-0.15, -0.1) is 0 Å². The molecule has 0 saturated heterocycles. The molecule has 2 N–H and O–H groups in total. The largest absolute Gasteiger partial charge is 0.356 e. The predicted molar refractivity (Wildman–Crippen MR) is 62.8 cm³/mol. The van der Waals surface area contributed by atoms with Gasteiger partial charge < -0.3 is 10.6 Å². The number of hydrogen-bond acceptors (Lipinski definition) is 2. The Morgan fingerprint density at radius 2 is 1.31 bits per heavy atom. The van der Waals surface area contributed by atoms with Crippen molar-refractivity contribution in [2.24, 2.45) is 11.8 Å². The Balaban J connectivity index is 2.63. The molecule has 0 aliphatic heterocycles. The van der Waals surface area contributed by atoms with Crippen LogP contribution >= 0.6 is 0 Å². The minimum atomic E-state index is -0.125. The van der Waals surface area contributed by atoms with Crippen molar-refractivity contribution < 1.29 is 9.59 Å². The second-order valence-electron chi connectivity index (χ2n) is 4.29. The second-order valence-corrected chi connectivity index (χ2v) is 4.29. The zero-order valence-electron chi connectivity index (χ0n) is 10.2. The van der Waals surface area contributed by atoms with Crippen LogP contribution < -0.4 is 10.6 Å². The summed E-state index contributed by atoms with van der Waals surface area (Å²) in [7, 11) is 0. The monoisotopic (exact) mass is 226 g/mol. The average Bonchev–Trinajstić information content (AvgIpc) is 2.30. The third-order valence-corrected chi connectivity index (χ3v) is 3.14. The summed E-state index contributed by atoms with van der Waals surface area (Å²) >= 11 is 0. The molecule has 0 heterocycles. The SMILES string of the molecule is CCNC(=O)C1CCCCC1C(=O)NCC. The molecule has 4 heteroatoms. The Labute approximate surface area is 97.2 Å². The molecule has 1 fully saturated rings. The van der Waals surface area contributed by atoms with Gasteiger partial charge in [0.1, 0.15) is 0 Å². The molecule has 0 aromatic heterocycles. The van der Waals surface area contributed by atoms with Gasteiger partial charge in [-0.25, -0.2) is 0 Å². The van der Waals surface area contributed by atoms with Crippen LogP contribution in [0.5, 0.6) is 0 Å². The van der Waals surface area contributed by atoms with Crippen LogP contribution in [0, 0.1) is 11.8 Å². The van der Waals surface area contributed by atoms with Crippen molar-refractivity contribution in [2.45, 2.75) is 39.5 Å². The zero-order chi connectivity index (χ0) is 12.0. The highest BCUT2D eigenvalue weighted by atomic mass is 16.2. The molecule has 2 unspecified atom stereocenters. The molecule has 1 rings (SSSR count). The number of nitrogens with one attached hydrogen (secondary N) is 2. The van der Waals surface area contributed by atoms with Crippen LogP contribution in [0.1, 0.15) is 39.5 Å². The standard InChI is InChI=1S/C12H22N2O2/c1-3-13-11(15)9-7-5-6-8-10(9)12(16)14-4-2/h9-10H,3-8H2,1-2H3,(H,13,15)(H,14,16). The lowest BCUT2D eigenvalue weighted by atomic mass is 9.78. The third kappa shape index (κ3) is 3.22. The van der Waals surface area contributed by atoms with Gasteiger partial charge >= 0.3 is 0 Å². The van der Waals surface area contributed by atoms with E-state index >= 15 is 0 Å². The van der Waals surface area contributed by atoms with Crippen molar-refractivity contribution in [3.05, 3.63) is 0 Å². The van der Waals surface area contributed by atoms with E-state index in [2.05, 4.69) is 10.6 Å². The summed E-state index contributed by atoms with van der Waals surface area (Å²) in [4.78, 5) is 23.7. The Kier molecular flexibility index (Phi) is 5.29. The molecule has 2 amide bonds. The predicted octanol–water partition coefficient (Wildman–Crippen LogP) is 1.06. The molecule has 1 aliphatic carbocycles. The quantitative estimate of drug-likeness (QED) is 0.753. The maximum Gasteiger partial charge on any atom is 0.223 e. The Morgan fingerprint density at radius 1 is 0.938 bits per heavy atom. The first-order valence-electron chi connectivity index (χ1n) is 6.26. The van der Waals surface area contributed by atoms with E-state index in [4.69, 9.17) is 0 Å². The molecular weight excluding hydrogens is 204 g/mol. The van der Waals surface area contributed by atoms with Crippen LogP contribution in [0.15, 0.2) is 0 Å². The average molecular weight is 226 g/mol. The van der Waals surface area contributed by atoms with Gasteiger partial charge in [-0.2, -0.15) is 0 Å². The summed E-state index contributed by atoms with van der Waals surface area (Å²) in [5.41, 5.74) is 0. The topological polar surface area (TPSA) is 58.2 Å². The third-order valence-electron chi connectivity index (χ3n) is 3.14. The highest BCUT2D eigenvalue weighted by Crippen LogP contribution is 2.30. The van der Waals surface area contributed by atoms with E-state index in [1.54, 1.807) is 0 Å². The van der Waals surface area contributed by atoms with Crippen molar-refractivity contribution in [1.29, 1.82) is 0 Å². The molecule has 1 aliphatic rings. The van der Waals surface area contributed by atoms with Crippen LogP contribution in [0.3, 0.4) is 0 Å². The molecule has 16 heavy (non-hydrogen) atoms. The zero-order valence-corrected chi connectivity index (χ0v) is 10.2. The maximum absolute atomic E-state index is 11.8. The van der Waals surface area contributed by atoms with E-state index < -0.39 is 0 Å². The number of carbonyl (C=O) groups excluding carboxylic acids is 2. The van der Waals surface area contributed by atoms with E-state index in [9.17, 15) is 9.59 Å². The molecule has 0 aromatic carbocycles. The van der Waals surface area contributed by atoms with Gasteiger partial charge in [-0.1, -0.05) is 12.8 Å². The molecule has 2 atom stereocenters. The van der Waals surface area contributed by atoms with E-state index in [1.807, 2.05) is 13.8 Å². The number of rotatable bonds is 4. The summed E-state index contributed by atoms with van der Waals surface area (Å²) in [6.45, 7) is 5.08. The number of carbonyl (C=O) groups is 2. The molecule has 1 saturated carbocycles. The Hall–Kier alpha value is -1.06. The minimum absolute atomic E-state index is 0.0402. The first-order valence-corrected chi connectivity index (χ1v) is 6.26. The molecule has 0 spiro atoms. The van der Waals surface area contributed by atoms with Gasteiger partial charge in [0.25, 0.3) is 0 Å². The van der Waals surface area contributed by atoms with E-state index in [0.717, 1.165) is 25.7 Å². The summed E-state index contributed by atoms with van der Waals surface area (Å²) in [5.74, 6) is -0.169.